The van der Waals surface area contributed by atoms with Crippen molar-refractivity contribution in [1.82, 2.24) is 0 Å². The minimum Gasteiger partial charge on any atom is -0.483 e. The van der Waals surface area contributed by atoms with E-state index in [-0.39, 0.29) is 12.1 Å². The second kappa shape index (κ2) is 6.22. The molecule has 0 aliphatic rings. The van der Waals surface area contributed by atoms with E-state index in [1.54, 1.807) is 11.3 Å². The fourth-order valence-electron chi connectivity index (χ4n) is 2.12. The molecule has 2 rings (SSSR count). The fourth-order valence-corrected chi connectivity index (χ4v) is 3.19. The van der Waals surface area contributed by atoms with Crippen molar-refractivity contribution in [2.45, 2.75) is 39.3 Å². The van der Waals surface area contributed by atoms with Crippen molar-refractivity contribution in [3.63, 3.8) is 0 Å². The van der Waals surface area contributed by atoms with E-state index in [9.17, 15) is 0 Å². The standard InChI is InChI=1S/C16H21NOS/c1-4-13-7-5-6-8-14(13)18-15(12(3)17)16-11(2)9-10-19-16/h5-10,12,15H,4,17H2,1-3H3. The molecular weight excluding hydrogens is 254 g/mol. The highest BCUT2D eigenvalue weighted by atomic mass is 32.1. The number of nitrogens with two attached hydrogens (primary N) is 1. The van der Waals surface area contributed by atoms with E-state index in [2.05, 4.69) is 31.4 Å². The van der Waals surface area contributed by atoms with Crippen molar-refractivity contribution >= 4 is 11.3 Å². The first-order valence-electron chi connectivity index (χ1n) is 6.67. The molecule has 0 bridgehead atoms. The highest BCUT2D eigenvalue weighted by molar-refractivity contribution is 7.10. The molecule has 2 N–H and O–H groups in total. The number of thiophene rings is 1. The van der Waals surface area contributed by atoms with Gasteiger partial charge in [-0.15, -0.1) is 11.3 Å². The van der Waals surface area contributed by atoms with Crippen LogP contribution in [-0.4, -0.2) is 6.04 Å². The summed E-state index contributed by atoms with van der Waals surface area (Å²) in [5.74, 6) is 0.945. The molecule has 2 nitrogen and oxygen atoms in total. The zero-order valence-corrected chi connectivity index (χ0v) is 12.5. The number of para-hydroxylation sites is 1. The van der Waals surface area contributed by atoms with Crippen LogP contribution in [0.2, 0.25) is 0 Å². The Kier molecular flexibility index (Phi) is 4.61. The molecule has 1 aromatic carbocycles. The molecule has 0 fully saturated rings. The van der Waals surface area contributed by atoms with Crippen LogP contribution >= 0.6 is 11.3 Å². The topological polar surface area (TPSA) is 35.2 Å². The molecule has 0 aliphatic heterocycles. The van der Waals surface area contributed by atoms with Gasteiger partial charge in [-0.1, -0.05) is 25.1 Å². The normalized spacial score (nSPS) is 14.1. The van der Waals surface area contributed by atoms with Crippen molar-refractivity contribution in [3.05, 3.63) is 51.7 Å². The molecule has 0 saturated heterocycles. The zero-order chi connectivity index (χ0) is 13.8. The third-order valence-electron chi connectivity index (χ3n) is 3.25. The zero-order valence-electron chi connectivity index (χ0n) is 11.7. The lowest BCUT2D eigenvalue weighted by atomic mass is 10.1. The van der Waals surface area contributed by atoms with E-state index in [0.29, 0.717) is 0 Å². The van der Waals surface area contributed by atoms with Gasteiger partial charge in [0.15, 0.2) is 0 Å². The number of ether oxygens (including phenoxy) is 1. The molecule has 0 spiro atoms. The van der Waals surface area contributed by atoms with E-state index in [1.165, 1.54) is 16.0 Å². The van der Waals surface area contributed by atoms with Gasteiger partial charge in [-0.05, 0) is 48.9 Å². The molecule has 102 valence electrons. The van der Waals surface area contributed by atoms with Crippen LogP contribution in [0.3, 0.4) is 0 Å². The van der Waals surface area contributed by atoms with Gasteiger partial charge in [0.1, 0.15) is 11.9 Å². The summed E-state index contributed by atoms with van der Waals surface area (Å²) in [6.07, 6.45) is 0.887. The molecule has 19 heavy (non-hydrogen) atoms. The van der Waals surface area contributed by atoms with Gasteiger partial charge in [0.05, 0.1) is 0 Å². The first-order chi connectivity index (χ1) is 9.13. The predicted octanol–water partition coefficient (Wildman–Crippen LogP) is 4.09. The van der Waals surface area contributed by atoms with Crippen LogP contribution in [0.25, 0.3) is 0 Å². The molecular formula is C16H21NOS. The summed E-state index contributed by atoms with van der Waals surface area (Å²) >= 11 is 1.71. The minimum atomic E-state index is -0.0762. The van der Waals surface area contributed by atoms with E-state index >= 15 is 0 Å². The monoisotopic (exact) mass is 275 g/mol. The highest BCUT2D eigenvalue weighted by Crippen LogP contribution is 2.32. The summed E-state index contributed by atoms with van der Waals surface area (Å²) in [6, 6.07) is 10.3. The maximum absolute atomic E-state index is 6.21. The largest absolute Gasteiger partial charge is 0.483 e. The highest BCUT2D eigenvalue weighted by Gasteiger charge is 2.22. The molecule has 1 aromatic heterocycles. The Morgan fingerprint density at radius 3 is 2.58 bits per heavy atom. The molecule has 0 saturated carbocycles. The summed E-state index contributed by atoms with van der Waals surface area (Å²) < 4.78 is 6.21. The van der Waals surface area contributed by atoms with Gasteiger partial charge < -0.3 is 10.5 Å². The van der Waals surface area contributed by atoms with Crippen molar-refractivity contribution in [2.24, 2.45) is 5.73 Å². The van der Waals surface area contributed by atoms with Gasteiger partial charge in [0.2, 0.25) is 0 Å². The molecule has 1 heterocycles. The molecule has 3 heteroatoms. The van der Waals surface area contributed by atoms with Crippen molar-refractivity contribution in [1.29, 1.82) is 0 Å². The van der Waals surface area contributed by atoms with Crippen LogP contribution in [0.1, 0.15) is 36.0 Å². The van der Waals surface area contributed by atoms with Crippen molar-refractivity contribution in [2.75, 3.05) is 0 Å². The van der Waals surface area contributed by atoms with Crippen molar-refractivity contribution in [3.8, 4) is 5.75 Å². The Morgan fingerprint density at radius 1 is 1.26 bits per heavy atom. The molecule has 0 amide bonds. The lowest BCUT2D eigenvalue weighted by molar-refractivity contribution is 0.182. The summed E-state index contributed by atoms with van der Waals surface area (Å²) in [4.78, 5) is 1.22. The average Bonchev–Trinajstić information content (AvgIpc) is 2.82. The third kappa shape index (κ3) is 3.17. The summed E-state index contributed by atoms with van der Waals surface area (Å²) in [5.41, 5.74) is 8.59. The van der Waals surface area contributed by atoms with E-state index in [4.69, 9.17) is 10.5 Å². The summed E-state index contributed by atoms with van der Waals surface area (Å²) in [6.45, 7) is 6.24. The van der Waals surface area contributed by atoms with Gasteiger partial charge in [-0.25, -0.2) is 0 Å². The Balaban J connectivity index is 2.30. The van der Waals surface area contributed by atoms with Crippen LogP contribution < -0.4 is 10.5 Å². The number of rotatable bonds is 5. The van der Waals surface area contributed by atoms with Crippen LogP contribution in [0, 0.1) is 6.92 Å². The van der Waals surface area contributed by atoms with E-state index < -0.39 is 0 Å². The number of hydrogen-bond acceptors (Lipinski definition) is 3. The Morgan fingerprint density at radius 2 is 2.00 bits per heavy atom. The van der Waals surface area contributed by atoms with E-state index in [0.717, 1.165) is 12.2 Å². The van der Waals surface area contributed by atoms with Gasteiger partial charge in [0.25, 0.3) is 0 Å². The Hall–Kier alpha value is -1.32. The molecule has 2 aromatic rings. The van der Waals surface area contributed by atoms with Gasteiger partial charge >= 0.3 is 0 Å². The first kappa shape index (κ1) is 14.1. The Bertz CT molecular complexity index is 533. The summed E-state index contributed by atoms with van der Waals surface area (Å²) in [7, 11) is 0. The van der Waals surface area contributed by atoms with Crippen LogP contribution in [0.15, 0.2) is 35.7 Å². The maximum atomic E-state index is 6.21. The average molecular weight is 275 g/mol. The van der Waals surface area contributed by atoms with Crippen LogP contribution in [0.4, 0.5) is 0 Å². The minimum absolute atomic E-state index is 0.0396. The van der Waals surface area contributed by atoms with Crippen molar-refractivity contribution < 1.29 is 4.74 Å². The quantitative estimate of drug-likeness (QED) is 0.892. The molecule has 0 radical (unpaired) electrons. The predicted molar refractivity (Wildman–Crippen MR) is 81.9 cm³/mol. The van der Waals surface area contributed by atoms with Gasteiger partial charge in [-0.2, -0.15) is 0 Å². The molecule has 2 atom stereocenters. The second-order valence-corrected chi connectivity index (χ2v) is 5.77. The second-order valence-electron chi connectivity index (χ2n) is 4.83. The number of hydrogen-bond donors (Lipinski definition) is 1. The summed E-state index contributed by atoms with van der Waals surface area (Å²) in [5, 5.41) is 2.09. The number of benzene rings is 1. The molecule has 0 aliphatic carbocycles. The fraction of sp³-hybridized carbons (Fsp3) is 0.375. The smallest absolute Gasteiger partial charge is 0.148 e. The first-order valence-corrected chi connectivity index (χ1v) is 7.55. The van der Waals surface area contributed by atoms with Crippen LogP contribution in [-0.2, 0) is 6.42 Å². The SMILES string of the molecule is CCc1ccccc1OC(c1sccc1C)C(C)N. The van der Waals surface area contributed by atoms with Crippen LogP contribution in [0.5, 0.6) is 5.75 Å². The lowest BCUT2D eigenvalue weighted by Gasteiger charge is -2.23. The lowest BCUT2D eigenvalue weighted by Crippen LogP contribution is -2.29. The Labute approximate surface area is 119 Å². The maximum Gasteiger partial charge on any atom is 0.148 e. The van der Waals surface area contributed by atoms with Gasteiger partial charge in [0, 0.05) is 10.9 Å². The van der Waals surface area contributed by atoms with Gasteiger partial charge in [-0.3, -0.25) is 0 Å². The van der Waals surface area contributed by atoms with E-state index in [1.807, 2.05) is 25.1 Å². The molecule has 2 unspecified atom stereocenters. The number of aryl methyl sites for hydroxylation is 2. The third-order valence-corrected chi connectivity index (χ3v) is 4.33.